The van der Waals surface area contributed by atoms with Crippen molar-refractivity contribution in [2.24, 2.45) is 0 Å². The monoisotopic (exact) mass is 112 g/mol. The number of hydrogen-bond acceptors (Lipinski definition) is 2. The van der Waals surface area contributed by atoms with Crippen molar-refractivity contribution in [3.8, 4) is 0 Å². The molecule has 1 N–H and O–H groups in total. The summed E-state index contributed by atoms with van der Waals surface area (Å²) in [4.78, 5) is 0. The van der Waals surface area contributed by atoms with E-state index in [9.17, 15) is 0 Å². The second-order valence-corrected chi connectivity index (χ2v) is 2.45. The summed E-state index contributed by atoms with van der Waals surface area (Å²) in [5.74, 6) is 0. The molecule has 2 saturated heterocycles. The summed E-state index contributed by atoms with van der Waals surface area (Å²) in [7, 11) is 0. The Bertz CT molecular complexity index is 80.5. The number of rotatable bonds is 0. The molecule has 2 heteroatoms. The summed E-state index contributed by atoms with van der Waals surface area (Å²) < 4.78 is 5.45. The highest BCUT2D eigenvalue weighted by Gasteiger charge is 2.29. The van der Waals surface area contributed by atoms with Gasteiger partial charge in [0.25, 0.3) is 0 Å². The number of nitrogens with one attached hydrogen (secondary N) is 1. The number of ether oxygens (including phenoxy) is 1. The molecule has 0 aromatic rings. The second kappa shape index (κ2) is 1.71. The fraction of sp³-hybridized carbons (Fsp3) is 0.833. The highest BCUT2D eigenvalue weighted by Crippen LogP contribution is 2.27. The topological polar surface area (TPSA) is 21.3 Å². The minimum absolute atomic E-state index is 0.513. The first kappa shape index (κ1) is 4.77. The maximum atomic E-state index is 5.45. The van der Waals surface area contributed by atoms with E-state index in [2.05, 4.69) is 5.32 Å². The van der Waals surface area contributed by atoms with Gasteiger partial charge < -0.3 is 10.1 Å². The van der Waals surface area contributed by atoms with Crippen LogP contribution in [0.1, 0.15) is 12.8 Å². The van der Waals surface area contributed by atoms with E-state index >= 15 is 0 Å². The number of morpholine rings is 1. The third-order valence-electron chi connectivity index (χ3n) is 1.77. The molecule has 0 amide bonds. The predicted molar refractivity (Wildman–Crippen MR) is 30.2 cm³/mol. The Hall–Kier alpha value is -0.0800. The lowest BCUT2D eigenvalue weighted by Crippen LogP contribution is -2.34. The molecular weight excluding hydrogens is 102 g/mol. The summed E-state index contributed by atoms with van der Waals surface area (Å²) in [6.07, 6.45) is 4.21. The normalized spacial score (nSPS) is 38.2. The Morgan fingerprint density at radius 3 is 3.38 bits per heavy atom. The predicted octanol–water partition coefficient (Wildman–Crippen LogP) is 0.301. The van der Waals surface area contributed by atoms with Crippen LogP contribution in [0, 0.1) is 6.10 Å². The highest BCUT2D eigenvalue weighted by molar-refractivity contribution is 4.94. The zero-order valence-corrected chi connectivity index (χ0v) is 4.81. The van der Waals surface area contributed by atoms with Crippen LogP contribution in [0.2, 0.25) is 0 Å². The summed E-state index contributed by atoms with van der Waals surface area (Å²) in [6, 6.07) is 0. The first-order valence-corrected chi connectivity index (χ1v) is 3.17. The molecule has 0 aromatic heterocycles. The van der Waals surface area contributed by atoms with Crippen LogP contribution in [0.3, 0.4) is 0 Å². The van der Waals surface area contributed by atoms with Crippen LogP contribution < -0.4 is 5.32 Å². The van der Waals surface area contributed by atoms with Crippen LogP contribution in [0.5, 0.6) is 0 Å². The quantitative estimate of drug-likeness (QED) is 0.486. The van der Waals surface area contributed by atoms with E-state index in [1.165, 1.54) is 18.9 Å². The summed E-state index contributed by atoms with van der Waals surface area (Å²) in [5.41, 5.74) is 0. The molecule has 1 radical (unpaired) electrons. The maximum Gasteiger partial charge on any atom is 0.111 e. The van der Waals surface area contributed by atoms with Gasteiger partial charge in [-0.1, -0.05) is 0 Å². The van der Waals surface area contributed by atoms with Crippen molar-refractivity contribution < 1.29 is 4.74 Å². The van der Waals surface area contributed by atoms with E-state index in [1.54, 1.807) is 0 Å². The van der Waals surface area contributed by atoms with Crippen molar-refractivity contribution >= 4 is 0 Å². The SMILES string of the molecule is C1C[C@@H]2CNC[C]1O2. The molecule has 0 spiro atoms. The third kappa shape index (κ3) is 0.644. The first-order chi connectivity index (χ1) is 3.95. The standard InChI is InChI=1S/C6H10NO/c1-2-6-4-7-3-5(1)8-6/h5,7H,1-4H2/t5-/m1/s1. The molecular formula is C6H10NO. The summed E-state index contributed by atoms with van der Waals surface area (Å²) >= 11 is 0. The molecule has 2 aliphatic rings. The van der Waals surface area contributed by atoms with E-state index in [0.717, 1.165) is 13.1 Å². The fourth-order valence-electron chi connectivity index (χ4n) is 1.32. The fourth-order valence-corrected chi connectivity index (χ4v) is 1.32. The van der Waals surface area contributed by atoms with E-state index in [0.29, 0.717) is 6.10 Å². The van der Waals surface area contributed by atoms with Gasteiger partial charge in [-0.2, -0.15) is 0 Å². The van der Waals surface area contributed by atoms with Gasteiger partial charge in [0.15, 0.2) is 0 Å². The molecule has 0 saturated carbocycles. The molecule has 1 atom stereocenters. The van der Waals surface area contributed by atoms with Gasteiger partial charge in [-0.25, -0.2) is 0 Å². The molecule has 2 nitrogen and oxygen atoms in total. The molecule has 2 bridgehead atoms. The van der Waals surface area contributed by atoms with Crippen LogP contribution in [-0.4, -0.2) is 19.2 Å². The van der Waals surface area contributed by atoms with Gasteiger partial charge in [-0.15, -0.1) is 0 Å². The van der Waals surface area contributed by atoms with Crippen molar-refractivity contribution in [1.29, 1.82) is 0 Å². The maximum absolute atomic E-state index is 5.45. The van der Waals surface area contributed by atoms with Crippen LogP contribution >= 0.6 is 0 Å². The Balaban J connectivity index is 2.03. The van der Waals surface area contributed by atoms with Crippen LogP contribution in [-0.2, 0) is 4.74 Å². The molecule has 0 aliphatic carbocycles. The van der Waals surface area contributed by atoms with Crippen LogP contribution in [0.4, 0.5) is 0 Å². The van der Waals surface area contributed by atoms with Crippen molar-refractivity contribution in [2.75, 3.05) is 13.1 Å². The van der Waals surface area contributed by atoms with E-state index in [4.69, 9.17) is 4.74 Å². The summed E-state index contributed by atoms with van der Waals surface area (Å²) in [6.45, 7) is 2.06. The van der Waals surface area contributed by atoms with Crippen LogP contribution in [0.15, 0.2) is 0 Å². The van der Waals surface area contributed by atoms with Crippen molar-refractivity contribution in [2.45, 2.75) is 18.9 Å². The molecule has 45 valence electrons. The van der Waals surface area contributed by atoms with Crippen molar-refractivity contribution in [3.05, 3.63) is 6.10 Å². The third-order valence-corrected chi connectivity index (χ3v) is 1.77. The lowest BCUT2D eigenvalue weighted by molar-refractivity contribution is 0.0828. The Morgan fingerprint density at radius 2 is 2.62 bits per heavy atom. The zero-order chi connectivity index (χ0) is 5.40. The number of hydrogen-bond donors (Lipinski definition) is 1. The van der Waals surface area contributed by atoms with Crippen molar-refractivity contribution in [1.82, 2.24) is 5.32 Å². The molecule has 8 heavy (non-hydrogen) atoms. The molecule has 0 aromatic carbocycles. The van der Waals surface area contributed by atoms with E-state index in [1.807, 2.05) is 0 Å². The smallest absolute Gasteiger partial charge is 0.111 e. The largest absolute Gasteiger partial charge is 0.366 e. The molecule has 2 fully saturated rings. The molecule has 2 heterocycles. The van der Waals surface area contributed by atoms with Crippen molar-refractivity contribution in [3.63, 3.8) is 0 Å². The Morgan fingerprint density at radius 1 is 1.62 bits per heavy atom. The second-order valence-electron chi connectivity index (χ2n) is 2.45. The average molecular weight is 112 g/mol. The van der Waals surface area contributed by atoms with Gasteiger partial charge in [0, 0.05) is 13.1 Å². The molecule has 2 rings (SSSR count). The Kier molecular flexibility index (Phi) is 1.02. The molecule has 0 unspecified atom stereocenters. The lowest BCUT2D eigenvalue weighted by atomic mass is 10.2. The Labute approximate surface area is 49.2 Å². The van der Waals surface area contributed by atoms with Gasteiger partial charge >= 0.3 is 0 Å². The first-order valence-electron chi connectivity index (χ1n) is 3.17. The van der Waals surface area contributed by atoms with Gasteiger partial charge in [-0.05, 0) is 12.8 Å². The number of fused-ring (bicyclic) bond motifs is 2. The van der Waals surface area contributed by atoms with E-state index in [-0.39, 0.29) is 0 Å². The molecule has 2 aliphatic heterocycles. The van der Waals surface area contributed by atoms with E-state index < -0.39 is 0 Å². The average Bonchev–Trinajstić information content (AvgIpc) is 2.12. The minimum Gasteiger partial charge on any atom is -0.366 e. The summed E-state index contributed by atoms with van der Waals surface area (Å²) in [5, 5.41) is 3.28. The lowest BCUT2D eigenvalue weighted by Gasteiger charge is -2.19. The van der Waals surface area contributed by atoms with Gasteiger partial charge in [0.2, 0.25) is 0 Å². The minimum atomic E-state index is 0.513. The van der Waals surface area contributed by atoms with Crippen LogP contribution in [0.25, 0.3) is 0 Å². The zero-order valence-electron chi connectivity index (χ0n) is 4.81. The van der Waals surface area contributed by atoms with Gasteiger partial charge in [0.1, 0.15) is 6.10 Å². The van der Waals surface area contributed by atoms with Gasteiger partial charge in [-0.3, -0.25) is 0 Å². The highest BCUT2D eigenvalue weighted by atomic mass is 16.5. The van der Waals surface area contributed by atoms with Gasteiger partial charge in [0.05, 0.1) is 6.10 Å².